The molecule has 146 valence electrons. The third kappa shape index (κ3) is 5.03. The summed E-state index contributed by atoms with van der Waals surface area (Å²) in [5.41, 5.74) is 8.45. The Kier molecular flexibility index (Phi) is 5.83. The number of hydrazine groups is 1. The molecule has 3 rings (SSSR count). The molecule has 1 aromatic carbocycles. The fourth-order valence-electron chi connectivity index (χ4n) is 2.61. The molecular formula is C19H22N6O3. The van der Waals surface area contributed by atoms with Gasteiger partial charge in [-0.1, -0.05) is 35.0 Å². The van der Waals surface area contributed by atoms with E-state index < -0.39 is 0 Å². The summed E-state index contributed by atoms with van der Waals surface area (Å²) in [6.45, 7) is 5.75. The van der Waals surface area contributed by atoms with Crippen LogP contribution in [-0.2, 0) is 22.6 Å². The molecule has 2 aromatic heterocycles. The Morgan fingerprint density at radius 1 is 1.07 bits per heavy atom. The molecule has 0 radical (unpaired) electrons. The van der Waals surface area contributed by atoms with Crippen LogP contribution in [0.4, 0.5) is 0 Å². The second-order valence-corrected chi connectivity index (χ2v) is 6.56. The zero-order chi connectivity index (χ0) is 20.1. The summed E-state index contributed by atoms with van der Waals surface area (Å²) in [4.78, 5) is 28.1. The van der Waals surface area contributed by atoms with Crippen molar-refractivity contribution in [1.82, 2.24) is 30.8 Å². The van der Waals surface area contributed by atoms with Crippen LogP contribution in [0.5, 0.6) is 0 Å². The summed E-state index contributed by atoms with van der Waals surface area (Å²) in [5.74, 6) is 0.129. The fraction of sp³-hybridized carbons (Fsp3) is 0.316. The molecule has 3 aromatic rings. The number of carbonyl (C=O) groups is 2. The number of aromatic nitrogens is 4. The van der Waals surface area contributed by atoms with E-state index in [0.29, 0.717) is 11.7 Å². The zero-order valence-corrected chi connectivity index (χ0v) is 16.0. The van der Waals surface area contributed by atoms with Gasteiger partial charge in [0.25, 0.3) is 5.91 Å². The van der Waals surface area contributed by atoms with Gasteiger partial charge in [0.15, 0.2) is 0 Å². The molecule has 0 spiro atoms. The SMILES string of the molecule is Cc1ccc(-c2noc(CCC(=O)NNC(=O)Cn3nc(C)cc3C)n2)cc1. The van der Waals surface area contributed by atoms with Gasteiger partial charge in [0.1, 0.15) is 6.54 Å². The molecule has 0 saturated carbocycles. The van der Waals surface area contributed by atoms with Gasteiger partial charge >= 0.3 is 0 Å². The van der Waals surface area contributed by atoms with Crippen LogP contribution in [-0.4, -0.2) is 31.7 Å². The Labute approximate surface area is 162 Å². The molecule has 0 aliphatic heterocycles. The smallest absolute Gasteiger partial charge is 0.260 e. The van der Waals surface area contributed by atoms with Crippen molar-refractivity contribution in [2.45, 2.75) is 40.2 Å². The minimum Gasteiger partial charge on any atom is -0.339 e. The number of rotatable bonds is 6. The van der Waals surface area contributed by atoms with Gasteiger partial charge in [-0.05, 0) is 26.8 Å². The quantitative estimate of drug-likeness (QED) is 0.626. The maximum Gasteiger partial charge on any atom is 0.260 e. The van der Waals surface area contributed by atoms with E-state index in [1.54, 1.807) is 4.68 Å². The van der Waals surface area contributed by atoms with Gasteiger partial charge in [-0.2, -0.15) is 10.1 Å². The molecule has 2 N–H and O–H groups in total. The van der Waals surface area contributed by atoms with E-state index in [1.165, 1.54) is 0 Å². The topological polar surface area (TPSA) is 115 Å². The molecule has 0 aliphatic carbocycles. The van der Waals surface area contributed by atoms with E-state index in [0.717, 1.165) is 22.5 Å². The first-order valence-electron chi connectivity index (χ1n) is 8.89. The largest absolute Gasteiger partial charge is 0.339 e. The second kappa shape index (κ2) is 8.47. The normalized spacial score (nSPS) is 10.7. The summed E-state index contributed by atoms with van der Waals surface area (Å²) >= 11 is 0. The second-order valence-electron chi connectivity index (χ2n) is 6.56. The van der Waals surface area contributed by atoms with Crippen LogP contribution in [0.3, 0.4) is 0 Å². The molecular weight excluding hydrogens is 360 g/mol. The predicted molar refractivity (Wildman–Crippen MR) is 101 cm³/mol. The Balaban J connectivity index is 1.43. The van der Waals surface area contributed by atoms with Gasteiger partial charge in [0.2, 0.25) is 17.6 Å². The Hall–Kier alpha value is -3.49. The van der Waals surface area contributed by atoms with Crippen molar-refractivity contribution in [1.29, 1.82) is 0 Å². The van der Waals surface area contributed by atoms with Gasteiger partial charge in [-0.3, -0.25) is 25.1 Å². The highest BCUT2D eigenvalue weighted by atomic mass is 16.5. The third-order valence-corrected chi connectivity index (χ3v) is 4.08. The highest BCUT2D eigenvalue weighted by Gasteiger charge is 2.12. The first-order valence-corrected chi connectivity index (χ1v) is 8.89. The lowest BCUT2D eigenvalue weighted by Crippen LogP contribution is -2.43. The Bertz CT molecular complexity index is 974. The van der Waals surface area contributed by atoms with Crippen LogP contribution >= 0.6 is 0 Å². The van der Waals surface area contributed by atoms with E-state index in [4.69, 9.17) is 4.52 Å². The van der Waals surface area contributed by atoms with Gasteiger partial charge in [0, 0.05) is 24.1 Å². The molecule has 2 amide bonds. The number of benzene rings is 1. The summed E-state index contributed by atoms with van der Waals surface area (Å²) in [7, 11) is 0. The van der Waals surface area contributed by atoms with Crippen molar-refractivity contribution in [2.24, 2.45) is 0 Å². The lowest BCUT2D eigenvalue weighted by Gasteiger charge is -2.07. The molecule has 9 nitrogen and oxygen atoms in total. The van der Waals surface area contributed by atoms with E-state index in [1.807, 2.05) is 51.1 Å². The summed E-state index contributed by atoms with van der Waals surface area (Å²) in [5, 5.41) is 8.13. The Morgan fingerprint density at radius 3 is 2.46 bits per heavy atom. The maximum absolute atomic E-state index is 11.9. The number of hydrogen-bond donors (Lipinski definition) is 2. The lowest BCUT2D eigenvalue weighted by atomic mass is 10.1. The lowest BCUT2D eigenvalue weighted by molar-refractivity contribution is -0.129. The van der Waals surface area contributed by atoms with Crippen molar-refractivity contribution in [3.05, 3.63) is 53.2 Å². The predicted octanol–water partition coefficient (Wildman–Crippen LogP) is 1.64. The van der Waals surface area contributed by atoms with Crippen LogP contribution in [0, 0.1) is 20.8 Å². The number of nitrogens with zero attached hydrogens (tertiary/aromatic N) is 4. The molecule has 0 bridgehead atoms. The van der Waals surface area contributed by atoms with Crippen molar-refractivity contribution >= 4 is 11.8 Å². The number of amides is 2. The standard InChI is InChI=1S/C19H22N6O3/c1-12-4-6-15(7-5-12)19-20-18(28-24-19)9-8-16(26)21-22-17(27)11-25-14(3)10-13(2)23-25/h4-7,10H,8-9,11H2,1-3H3,(H,21,26)(H,22,27). The minimum absolute atomic E-state index is 0.0313. The van der Waals surface area contributed by atoms with Crippen LogP contribution < -0.4 is 10.9 Å². The van der Waals surface area contributed by atoms with Crippen molar-refractivity contribution in [3.63, 3.8) is 0 Å². The highest BCUT2D eigenvalue weighted by molar-refractivity contribution is 5.81. The highest BCUT2D eigenvalue weighted by Crippen LogP contribution is 2.16. The maximum atomic E-state index is 11.9. The summed E-state index contributed by atoms with van der Waals surface area (Å²) in [6, 6.07) is 9.63. The monoisotopic (exact) mass is 382 g/mol. The van der Waals surface area contributed by atoms with E-state index in [9.17, 15) is 9.59 Å². The summed E-state index contributed by atoms with van der Waals surface area (Å²) < 4.78 is 6.75. The molecule has 9 heteroatoms. The van der Waals surface area contributed by atoms with Gasteiger partial charge in [-0.25, -0.2) is 0 Å². The fourth-order valence-corrected chi connectivity index (χ4v) is 2.61. The molecule has 0 unspecified atom stereocenters. The molecule has 2 heterocycles. The van der Waals surface area contributed by atoms with Gasteiger partial charge < -0.3 is 4.52 Å². The zero-order valence-electron chi connectivity index (χ0n) is 16.0. The minimum atomic E-state index is -0.362. The molecule has 28 heavy (non-hydrogen) atoms. The first kappa shape index (κ1) is 19.3. The number of aryl methyl sites for hydroxylation is 4. The number of hydrogen-bond acceptors (Lipinski definition) is 6. The summed E-state index contributed by atoms with van der Waals surface area (Å²) in [6.07, 6.45) is 0.383. The van der Waals surface area contributed by atoms with Crippen molar-refractivity contribution in [3.8, 4) is 11.4 Å². The van der Waals surface area contributed by atoms with E-state index in [-0.39, 0.29) is 31.2 Å². The first-order chi connectivity index (χ1) is 13.4. The average Bonchev–Trinajstić information content (AvgIpc) is 3.25. The average molecular weight is 382 g/mol. The Morgan fingerprint density at radius 2 is 1.79 bits per heavy atom. The van der Waals surface area contributed by atoms with Gasteiger partial charge in [0.05, 0.1) is 5.69 Å². The van der Waals surface area contributed by atoms with E-state index in [2.05, 4.69) is 26.1 Å². The molecule has 0 atom stereocenters. The molecule has 0 saturated heterocycles. The number of carbonyl (C=O) groups excluding carboxylic acids is 2. The van der Waals surface area contributed by atoms with E-state index >= 15 is 0 Å². The van der Waals surface area contributed by atoms with Crippen LogP contribution in [0.25, 0.3) is 11.4 Å². The third-order valence-electron chi connectivity index (χ3n) is 4.08. The van der Waals surface area contributed by atoms with Crippen LogP contribution in [0.15, 0.2) is 34.9 Å². The van der Waals surface area contributed by atoms with Crippen molar-refractivity contribution in [2.75, 3.05) is 0 Å². The van der Waals surface area contributed by atoms with Crippen molar-refractivity contribution < 1.29 is 14.1 Å². The van der Waals surface area contributed by atoms with Gasteiger partial charge in [-0.15, -0.1) is 0 Å². The van der Waals surface area contributed by atoms with Crippen LogP contribution in [0.2, 0.25) is 0 Å². The van der Waals surface area contributed by atoms with Crippen LogP contribution in [0.1, 0.15) is 29.3 Å². The molecule has 0 aliphatic rings. The molecule has 0 fully saturated rings. The number of nitrogens with one attached hydrogen (secondary N) is 2.